The quantitative estimate of drug-likeness (QED) is 0.797. The smallest absolute Gasteiger partial charge is 0.231 e. The van der Waals surface area contributed by atoms with E-state index in [9.17, 15) is 0 Å². The average Bonchev–Trinajstić information content (AvgIpc) is 2.93. The molecule has 1 aromatic heterocycles. The van der Waals surface area contributed by atoms with E-state index >= 15 is 0 Å². The zero-order valence-corrected chi connectivity index (χ0v) is 10.9. The third kappa shape index (κ3) is 2.49. The number of nitrogens with zero attached hydrogens (tertiary/aromatic N) is 5. The second-order valence-electron chi connectivity index (χ2n) is 4.50. The average molecular weight is 270 g/mol. The van der Waals surface area contributed by atoms with Crippen molar-refractivity contribution in [1.82, 2.24) is 15.0 Å². The Balaban J connectivity index is 1.84. The largest absolute Gasteiger partial charge is 0.378 e. The first-order chi connectivity index (χ1) is 8.83. The van der Waals surface area contributed by atoms with Crippen LogP contribution < -0.4 is 9.80 Å². The molecule has 0 unspecified atom stereocenters. The lowest BCUT2D eigenvalue weighted by Crippen LogP contribution is -2.37. The molecular weight excluding hydrogens is 254 g/mol. The maximum atomic E-state index is 6.00. The van der Waals surface area contributed by atoms with Gasteiger partial charge in [0.05, 0.1) is 13.2 Å². The number of halogens is 1. The topological polar surface area (TPSA) is 54.4 Å². The number of ether oxygens (including phenoxy) is 1. The van der Waals surface area contributed by atoms with Crippen molar-refractivity contribution < 1.29 is 4.74 Å². The van der Waals surface area contributed by atoms with Crippen LogP contribution in [0, 0.1) is 0 Å². The summed E-state index contributed by atoms with van der Waals surface area (Å²) >= 11 is 6.00. The Kier molecular flexibility index (Phi) is 3.47. The maximum absolute atomic E-state index is 6.00. The highest BCUT2D eigenvalue weighted by Gasteiger charge is 2.20. The molecule has 0 spiro atoms. The van der Waals surface area contributed by atoms with Crippen LogP contribution >= 0.6 is 11.6 Å². The molecule has 98 valence electrons. The van der Waals surface area contributed by atoms with Crippen LogP contribution in [0.3, 0.4) is 0 Å². The van der Waals surface area contributed by atoms with Gasteiger partial charge in [-0.05, 0) is 24.4 Å². The Morgan fingerprint density at radius 1 is 0.833 bits per heavy atom. The summed E-state index contributed by atoms with van der Waals surface area (Å²) in [5, 5.41) is 0.272. The van der Waals surface area contributed by atoms with E-state index in [0.717, 1.165) is 26.2 Å². The molecule has 7 heteroatoms. The fraction of sp³-hybridized carbons (Fsp3) is 0.727. The third-order valence-corrected chi connectivity index (χ3v) is 3.44. The second-order valence-corrected chi connectivity index (χ2v) is 4.84. The van der Waals surface area contributed by atoms with Crippen LogP contribution in [0.25, 0.3) is 0 Å². The van der Waals surface area contributed by atoms with Crippen LogP contribution in [0.4, 0.5) is 11.9 Å². The Bertz CT molecular complexity index is 418. The fourth-order valence-electron chi connectivity index (χ4n) is 2.29. The minimum atomic E-state index is 0.272. The van der Waals surface area contributed by atoms with Gasteiger partial charge in [-0.2, -0.15) is 15.0 Å². The van der Waals surface area contributed by atoms with E-state index in [0.29, 0.717) is 25.1 Å². The summed E-state index contributed by atoms with van der Waals surface area (Å²) in [5.74, 6) is 1.37. The Hall–Kier alpha value is -1.14. The summed E-state index contributed by atoms with van der Waals surface area (Å²) < 4.78 is 5.33. The van der Waals surface area contributed by atoms with Crippen molar-refractivity contribution in [3.05, 3.63) is 5.28 Å². The van der Waals surface area contributed by atoms with E-state index in [1.165, 1.54) is 12.8 Å². The number of hydrogen-bond donors (Lipinski definition) is 0. The van der Waals surface area contributed by atoms with Crippen molar-refractivity contribution in [2.24, 2.45) is 0 Å². The molecule has 0 aromatic carbocycles. The normalized spacial score (nSPS) is 20.5. The van der Waals surface area contributed by atoms with E-state index in [2.05, 4.69) is 24.8 Å². The lowest BCUT2D eigenvalue weighted by atomic mass is 10.4. The fourth-order valence-corrected chi connectivity index (χ4v) is 2.44. The monoisotopic (exact) mass is 269 g/mol. The lowest BCUT2D eigenvalue weighted by molar-refractivity contribution is 0.122. The van der Waals surface area contributed by atoms with Crippen molar-refractivity contribution >= 4 is 23.5 Å². The zero-order chi connectivity index (χ0) is 12.4. The highest BCUT2D eigenvalue weighted by atomic mass is 35.5. The van der Waals surface area contributed by atoms with Gasteiger partial charge in [0.25, 0.3) is 0 Å². The van der Waals surface area contributed by atoms with Crippen LogP contribution in [-0.2, 0) is 4.74 Å². The minimum absolute atomic E-state index is 0.272. The van der Waals surface area contributed by atoms with Gasteiger partial charge in [-0.15, -0.1) is 0 Å². The third-order valence-electron chi connectivity index (χ3n) is 3.27. The molecule has 2 fully saturated rings. The summed E-state index contributed by atoms with van der Waals surface area (Å²) in [6.45, 7) is 5.04. The van der Waals surface area contributed by atoms with Crippen LogP contribution in [0.1, 0.15) is 12.8 Å². The Morgan fingerprint density at radius 3 is 2.00 bits per heavy atom. The highest BCUT2D eigenvalue weighted by Crippen LogP contribution is 2.20. The van der Waals surface area contributed by atoms with Crippen molar-refractivity contribution in [2.45, 2.75) is 12.8 Å². The molecule has 6 nitrogen and oxygen atoms in total. The van der Waals surface area contributed by atoms with Crippen LogP contribution in [-0.4, -0.2) is 54.3 Å². The highest BCUT2D eigenvalue weighted by molar-refractivity contribution is 6.28. The summed E-state index contributed by atoms with van der Waals surface area (Å²) in [5.41, 5.74) is 0. The van der Waals surface area contributed by atoms with Crippen molar-refractivity contribution in [2.75, 3.05) is 49.2 Å². The first-order valence-corrected chi connectivity index (χ1v) is 6.70. The van der Waals surface area contributed by atoms with Gasteiger partial charge in [0, 0.05) is 26.2 Å². The molecule has 3 heterocycles. The van der Waals surface area contributed by atoms with Gasteiger partial charge < -0.3 is 14.5 Å². The van der Waals surface area contributed by atoms with Gasteiger partial charge in [-0.1, -0.05) is 0 Å². The first kappa shape index (κ1) is 11.9. The summed E-state index contributed by atoms with van der Waals surface area (Å²) in [4.78, 5) is 17.2. The molecule has 3 rings (SSSR count). The van der Waals surface area contributed by atoms with Crippen LogP contribution in [0.2, 0.25) is 5.28 Å². The second kappa shape index (κ2) is 5.24. The molecule has 0 radical (unpaired) electrons. The van der Waals surface area contributed by atoms with Crippen LogP contribution in [0.15, 0.2) is 0 Å². The number of hydrogen-bond acceptors (Lipinski definition) is 6. The molecule has 0 aliphatic carbocycles. The predicted molar refractivity (Wildman–Crippen MR) is 69.3 cm³/mol. The minimum Gasteiger partial charge on any atom is -0.378 e. The molecule has 0 bridgehead atoms. The van der Waals surface area contributed by atoms with Crippen LogP contribution in [0.5, 0.6) is 0 Å². The zero-order valence-electron chi connectivity index (χ0n) is 10.2. The molecule has 2 aliphatic rings. The Labute approximate surface area is 111 Å². The summed E-state index contributed by atoms with van der Waals surface area (Å²) in [6, 6.07) is 0. The standard InChI is InChI=1S/C11H16ClN5O/c12-9-13-10(16-3-1-2-4-16)15-11(14-9)17-5-7-18-8-6-17/h1-8H2. The molecule has 1 aromatic rings. The summed E-state index contributed by atoms with van der Waals surface area (Å²) in [6.07, 6.45) is 2.38. The van der Waals surface area contributed by atoms with Crippen molar-refractivity contribution in [3.8, 4) is 0 Å². The molecular formula is C11H16ClN5O. The molecule has 0 atom stereocenters. The first-order valence-electron chi connectivity index (χ1n) is 6.32. The van der Waals surface area contributed by atoms with E-state index < -0.39 is 0 Å². The maximum Gasteiger partial charge on any atom is 0.231 e. The van der Waals surface area contributed by atoms with E-state index in [1.54, 1.807) is 0 Å². The molecule has 2 aliphatic heterocycles. The van der Waals surface area contributed by atoms with Gasteiger partial charge in [0.15, 0.2) is 0 Å². The van der Waals surface area contributed by atoms with Gasteiger partial charge in [0.2, 0.25) is 17.2 Å². The van der Waals surface area contributed by atoms with Gasteiger partial charge >= 0.3 is 0 Å². The molecule has 0 amide bonds. The number of rotatable bonds is 2. The van der Waals surface area contributed by atoms with Crippen molar-refractivity contribution in [1.29, 1.82) is 0 Å². The van der Waals surface area contributed by atoms with Gasteiger partial charge in [-0.25, -0.2) is 0 Å². The summed E-state index contributed by atoms with van der Waals surface area (Å²) in [7, 11) is 0. The molecule has 0 N–H and O–H groups in total. The van der Waals surface area contributed by atoms with E-state index in [-0.39, 0.29) is 5.28 Å². The van der Waals surface area contributed by atoms with Gasteiger partial charge in [-0.3, -0.25) is 0 Å². The SMILES string of the molecule is Clc1nc(N2CCCC2)nc(N2CCOCC2)n1. The number of morpholine rings is 1. The predicted octanol–water partition coefficient (Wildman–Crippen LogP) is 0.962. The van der Waals surface area contributed by atoms with Crippen molar-refractivity contribution in [3.63, 3.8) is 0 Å². The molecule has 2 saturated heterocycles. The molecule has 18 heavy (non-hydrogen) atoms. The lowest BCUT2D eigenvalue weighted by Gasteiger charge is -2.27. The van der Waals surface area contributed by atoms with E-state index in [4.69, 9.17) is 16.3 Å². The Morgan fingerprint density at radius 2 is 1.39 bits per heavy atom. The number of aromatic nitrogens is 3. The van der Waals surface area contributed by atoms with E-state index in [1.807, 2.05) is 0 Å². The number of anilines is 2. The molecule has 0 saturated carbocycles. The van der Waals surface area contributed by atoms with Gasteiger partial charge in [0.1, 0.15) is 0 Å².